The first-order valence-electron chi connectivity index (χ1n) is 4.29. The second kappa shape index (κ2) is 3.82. The van der Waals surface area contributed by atoms with E-state index in [1.54, 1.807) is 19.2 Å². The summed E-state index contributed by atoms with van der Waals surface area (Å²) in [7, 11) is 3.09. The maximum Gasteiger partial charge on any atom is 0.257 e. The number of carbonyl (C=O) groups is 1. The molecule has 0 aliphatic heterocycles. The second-order valence-corrected chi connectivity index (χ2v) is 3.38. The molecule has 0 aliphatic carbocycles. The zero-order chi connectivity index (χ0) is 10.8. The molecular formula is C9H9N3O2S. The third kappa shape index (κ3) is 1.52. The van der Waals surface area contributed by atoms with Crippen LogP contribution in [-0.4, -0.2) is 28.8 Å². The number of amides is 1. The Balaban J connectivity index is 2.74. The third-order valence-corrected chi connectivity index (χ3v) is 2.61. The van der Waals surface area contributed by atoms with Gasteiger partial charge in [-0.3, -0.25) is 4.79 Å². The molecule has 1 aromatic carbocycles. The normalized spacial score (nSPS) is 10.3. The number of methoxy groups -OCH3 is 1. The monoisotopic (exact) mass is 223 g/mol. The number of rotatable bonds is 2. The van der Waals surface area contributed by atoms with Crippen LogP contribution in [0.1, 0.15) is 10.4 Å². The molecule has 15 heavy (non-hydrogen) atoms. The van der Waals surface area contributed by atoms with Gasteiger partial charge in [0, 0.05) is 7.05 Å². The Kier molecular flexibility index (Phi) is 2.51. The molecule has 0 fully saturated rings. The smallest absolute Gasteiger partial charge is 0.257 e. The molecule has 0 aliphatic rings. The third-order valence-electron chi connectivity index (χ3n) is 2.06. The van der Waals surface area contributed by atoms with Gasteiger partial charge >= 0.3 is 0 Å². The van der Waals surface area contributed by atoms with Gasteiger partial charge in [0.05, 0.1) is 18.8 Å². The Hall–Kier alpha value is -1.69. The average molecular weight is 223 g/mol. The van der Waals surface area contributed by atoms with Gasteiger partial charge in [0.2, 0.25) is 0 Å². The molecule has 0 saturated carbocycles. The van der Waals surface area contributed by atoms with Crippen molar-refractivity contribution in [3.05, 3.63) is 17.7 Å². The molecule has 78 valence electrons. The zero-order valence-corrected chi connectivity index (χ0v) is 9.09. The van der Waals surface area contributed by atoms with Crippen LogP contribution in [0.3, 0.4) is 0 Å². The van der Waals surface area contributed by atoms with Gasteiger partial charge < -0.3 is 10.1 Å². The lowest BCUT2D eigenvalue weighted by molar-refractivity contribution is 0.0961. The largest absolute Gasteiger partial charge is 0.496 e. The van der Waals surface area contributed by atoms with E-state index in [1.165, 1.54) is 7.11 Å². The van der Waals surface area contributed by atoms with Crippen molar-refractivity contribution in [3.8, 4) is 5.75 Å². The molecular weight excluding hydrogens is 214 g/mol. The maximum atomic E-state index is 11.7. The summed E-state index contributed by atoms with van der Waals surface area (Å²) in [5.74, 6) is 0.291. The lowest BCUT2D eigenvalue weighted by atomic mass is 10.1. The molecule has 0 radical (unpaired) electrons. The van der Waals surface area contributed by atoms with Gasteiger partial charge in [0.15, 0.2) is 0 Å². The number of ether oxygens (including phenoxy) is 1. The van der Waals surface area contributed by atoms with E-state index in [2.05, 4.69) is 14.1 Å². The van der Waals surface area contributed by atoms with Crippen LogP contribution >= 0.6 is 11.7 Å². The van der Waals surface area contributed by atoms with Gasteiger partial charge in [0.1, 0.15) is 22.3 Å². The Labute approximate surface area is 90.4 Å². The molecule has 1 aromatic heterocycles. The SMILES string of the molecule is CNC(=O)c1c(OC)ccc2nsnc12. The van der Waals surface area contributed by atoms with E-state index >= 15 is 0 Å². The Morgan fingerprint density at radius 1 is 1.47 bits per heavy atom. The van der Waals surface area contributed by atoms with Gasteiger partial charge in [0.25, 0.3) is 5.91 Å². The summed E-state index contributed by atoms with van der Waals surface area (Å²) < 4.78 is 13.3. The molecule has 5 nitrogen and oxygen atoms in total. The molecule has 2 rings (SSSR count). The zero-order valence-electron chi connectivity index (χ0n) is 8.27. The highest BCUT2D eigenvalue weighted by molar-refractivity contribution is 7.00. The fourth-order valence-corrected chi connectivity index (χ4v) is 1.89. The van der Waals surface area contributed by atoms with Crippen molar-refractivity contribution in [1.29, 1.82) is 0 Å². The van der Waals surface area contributed by atoms with Crippen molar-refractivity contribution >= 4 is 28.7 Å². The van der Waals surface area contributed by atoms with Crippen molar-refractivity contribution in [3.63, 3.8) is 0 Å². The van der Waals surface area contributed by atoms with Crippen LogP contribution < -0.4 is 10.1 Å². The summed E-state index contributed by atoms with van der Waals surface area (Å²) in [6.07, 6.45) is 0. The summed E-state index contributed by atoms with van der Waals surface area (Å²) in [5.41, 5.74) is 1.73. The van der Waals surface area contributed by atoms with E-state index in [-0.39, 0.29) is 5.91 Å². The molecule has 0 spiro atoms. The van der Waals surface area contributed by atoms with Gasteiger partial charge in [-0.2, -0.15) is 8.75 Å². The summed E-state index contributed by atoms with van der Waals surface area (Å²) in [6.45, 7) is 0. The minimum absolute atomic E-state index is 0.217. The van der Waals surface area contributed by atoms with E-state index in [0.717, 1.165) is 11.7 Å². The van der Waals surface area contributed by atoms with Crippen LogP contribution in [0.4, 0.5) is 0 Å². The molecule has 0 saturated heterocycles. The van der Waals surface area contributed by atoms with Crippen LogP contribution in [0.5, 0.6) is 5.75 Å². The quantitative estimate of drug-likeness (QED) is 0.826. The lowest BCUT2D eigenvalue weighted by Crippen LogP contribution is -2.19. The van der Waals surface area contributed by atoms with Crippen LogP contribution in [0.2, 0.25) is 0 Å². The van der Waals surface area contributed by atoms with E-state index in [0.29, 0.717) is 22.3 Å². The van der Waals surface area contributed by atoms with Crippen LogP contribution in [0.15, 0.2) is 12.1 Å². The second-order valence-electron chi connectivity index (χ2n) is 2.85. The van der Waals surface area contributed by atoms with Gasteiger partial charge in [-0.25, -0.2) is 0 Å². The van der Waals surface area contributed by atoms with Gasteiger partial charge in [-0.05, 0) is 12.1 Å². The van der Waals surface area contributed by atoms with Crippen molar-refractivity contribution in [1.82, 2.24) is 14.1 Å². The summed E-state index contributed by atoms with van der Waals surface area (Å²) in [4.78, 5) is 11.7. The fourth-order valence-electron chi connectivity index (χ4n) is 1.35. The minimum atomic E-state index is -0.217. The van der Waals surface area contributed by atoms with Crippen molar-refractivity contribution < 1.29 is 9.53 Å². The van der Waals surface area contributed by atoms with E-state index in [9.17, 15) is 4.79 Å². The maximum absolute atomic E-state index is 11.7. The number of hydrogen-bond acceptors (Lipinski definition) is 5. The van der Waals surface area contributed by atoms with Crippen LogP contribution in [-0.2, 0) is 0 Å². The Morgan fingerprint density at radius 2 is 2.27 bits per heavy atom. The highest BCUT2D eigenvalue weighted by Gasteiger charge is 2.17. The topological polar surface area (TPSA) is 64.1 Å². The molecule has 0 atom stereocenters. The number of fused-ring (bicyclic) bond motifs is 1. The first-order chi connectivity index (χ1) is 7.27. The molecule has 6 heteroatoms. The number of carbonyl (C=O) groups excluding carboxylic acids is 1. The summed E-state index contributed by atoms with van der Waals surface area (Å²) >= 11 is 1.08. The molecule has 0 unspecified atom stereocenters. The van der Waals surface area contributed by atoms with Gasteiger partial charge in [-0.15, -0.1) is 0 Å². The number of nitrogens with zero attached hydrogens (tertiary/aromatic N) is 2. The number of aromatic nitrogens is 2. The highest BCUT2D eigenvalue weighted by atomic mass is 32.1. The van der Waals surface area contributed by atoms with Crippen molar-refractivity contribution in [2.24, 2.45) is 0 Å². The molecule has 1 amide bonds. The predicted octanol–water partition coefficient (Wildman–Crippen LogP) is 1.06. The predicted molar refractivity (Wildman–Crippen MR) is 57.4 cm³/mol. The number of nitrogens with one attached hydrogen (secondary N) is 1. The first-order valence-corrected chi connectivity index (χ1v) is 5.02. The van der Waals surface area contributed by atoms with Crippen LogP contribution in [0, 0.1) is 0 Å². The number of benzene rings is 1. The minimum Gasteiger partial charge on any atom is -0.496 e. The van der Waals surface area contributed by atoms with Crippen LogP contribution in [0.25, 0.3) is 11.0 Å². The standard InChI is InChI=1S/C9H9N3O2S/c1-10-9(13)7-6(14-2)4-3-5-8(7)12-15-11-5/h3-4H,1-2H3,(H,10,13). The fraction of sp³-hybridized carbons (Fsp3) is 0.222. The molecule has 0 bridgehead atoms. The van der Waals surface area contributed by atoms with Gasteiger partial charge in [-0.1, -0.05) is 0 Å². The van der Waals surface area contributed by atoms with Crippen molar-refractivity contribution in [2.75, 3.05) is 14.2 Å². The first kappa shape index (κ1) is 9.85. The molecule has 1 N–H and O–H groups in total. The summed E-state index contributed by atoms with van der Waals surface area (Å²) in [6, 6.07) is 3.50. The molecule has 2 aromatic rings. The Bertz CT molecular complexity index is 509. The Morgan fingerprint density at radius 3 is 2.93 bits per heavy atom. The van der Waals surface area contributed by atoms with E-state index in [1.807, 2.05) is 0 Å². The van der Waals surface area contributed by atoms with Crippen molar-refractivity contribution in [2.45, 2.75) is 0 Å². The van der Waals surface area contributed by atoms with E-state index in [4.69, 9.17) is 4.74 Å². The van der Waals surface area contributed by atoms with E-state index < -0.39 is 0 Å². The summed E-state index contributed by atoms with van der Waals surface area (Å²) in [5, 5.41) is 2.56. The average Bonchev–Trinajstić information content (AvgIpc) is 2.74. The highest BCUT2D eigenvalue weighted by Crippen LogP contribution is 2.26. The molecule has 1 heterocycles. The lowest BCUT2D eigenvalue weighted by Gasteiger charge is -2.06. The number of hydrogen-bond donors (Lipinski definition) is 1.